The number of halogens is 3. The predicted octanol–water partition coefficient (Wildman–Crippen LogP) is 3.55. The van der Waals surface area contributed by atoms with Crippen LogP contribution in [0.4, 0.5) is 18.0 Å². The summed E-state index contributed by atoms with van der Waals surface area (Å²) >= 11 is 0. The summed E-state index contributed by atoms with van der Waals surface area (Å²) in [5.74, 6) is -4.26. The number of rotatable bonds is 3. The van der Waals surface area contributed by atoms with Gasteiger partial charge in [-0.3, -0.25) is 4.79 Å². The first-order valence-electron chi connectivity index (χ1n) is 7.30. The zero-order valence-corrected chi connectivity index (χ0v) is 12.7. The Morgan fingerprint density at radius 2 is 1.92 bits per heavy atom. The van der Waals surface area contributed by atoms with Gasteiger partial charge in [0.2, 0.25) is 0 Å². The average Bonchev–Trinajstić information content (AvgIpc) is 2.59. The summed E-state index contributed by atoms with van der Waals surface area (Å²) in [5.41, 5.74) is -0.635. The molecule has 0 heterocycles. The molecule has 1 aliphatic rings. The van der Waals surface area contributed by atoms with E-state index in [-0.39, 0.29) is 11.1 Å². The summed E-state index contributed by atoms with van der Waals surface area (Å²) in [6.07, 6.45) is 2.52. The zero-order valence-electron chi connectivity index (χ0n) is 12.7. The van der Waals surface area contributed by atoms with Gasteiger partial charge in [0.1, 0.15) is 5.54 Å². The second-order valence-electron chi connectivity index (χ2n) is 5.62. The Hall–Kier alpha value is -3.09. The van der Waals surface area contributed by atoms with Crippen LogP contribution in [0.2, 0.25) is 0 Å². The molecule has 4 nitrogen and oxygen atoms in total. The summed E-state index contributed by atoms with van der Waals surface area (Å²) in [6.45, 7) is 0. The lowest BCUT2D eigenvalue weighted by Crippen LogP contribution is -2.46. The Morgan fingerprint density at radius 3 is 2.60 bits per heavy atom. The maximum atomic E-state index is 14.1. The number of allylic oxidation sites excluding steroid dienone is 1. The lowest BCUT2D eigenvalue weighted by Gasteiger charge is -2.30. The molecule has 7 heteroatoms. The third kappa shape index (κ3) is 2.77. The summed E-state index contributed by atoms with van der Waals surface area (Å²) in [7, 11) is 0. The number of carbonyl (C=O) groups excluding carboxylic acids is 1. The quantitative estimate of drug-likeness (QED) is 0.507. The highest BCUT2D eigenvalue weighted by molar-refractivity contribution is 5.82. The van der Waals surface area contributed by atoms with E-state index < -0.39 is 29.1 Å². The number of aldehydes is 1. The lowest BCUT2D eigenvalue weighted by molar-refractivity contribution is -0.112. The lowest BCUT2D eigenvalue weighted by atomic mass is 9.80. The average molecular weight is 347 g/mol. The van der Waals surface area contributed by atoms with Crippen molar-refractivity contribution in [2.24, 2.45) is 0 Å². The molecule has 1 amide bonds. The van der Waals surface area contributed by atoms with Crippen LogP contribution in [0.25, 0.3) is 11.1 Å². The fourth-order valence-corrected chi connectivity index (χ4v) is 2.94. The number of carbonyl (C=O) groups is 2. The first kappa shape index (κ1) is 16.8. The van der Waals surface area contributed by atoms with E-state index in [9.17, 15) is 22.8 Å². The van der Waals surface area contributed by atoms with E-state index in [1.807, 2.05) is 0 Å². The van der Waals surface area contributed by atoms with Crippen molar-refractivity contribution in [2.45, 2.75) is 12.0 Å². The molecule has 0 fully saturated rings. The van der Waals surface area contributed by atoms with E-state index in [0.717, 1.165) is 12.1 Å². The first-order valence-corrected chi connectivity index (χ1v) is 7.30. The van der Waals surface area contributed by atoms with Gasteiger partial charge in [0.15, 0.2) is 23.7 Å². The van der Waals surface area contributed by atoms with E-state index in [2.05, 4.69) is 5.32 Å². The number of hydrogen-bond donors (Lipinski definition) is 2. The fraction of sp³-hybridized carbons (Fsp3) is 0.111. The van der Waals surface area contributed by atoms with Crippen LogP contribution in [0.1, 0.15) is 11.1 Å². The van der Waals surface area contributed by atoms with Gasteiger partial charge in [-0.05, 0) is 41.3 Å². The molecular formula is C18H12F3NO3. The molecule has 25 heavy (non-hydrogen) atoms. The van der Waals surface area contributed by atoms with Crippen molar-refractivity contribution in [1.29, 1.82) is 0 Å². The largest absolute Gasteiger partial charge is 0.465 e. The smallest absolute Gasteiger partial charge is 0.405 e. The van der Waals surface area contributed by atoms with Crippen molar-refractivity contribution in [3.05, 3.63) is 71.1 Å². The maximum Gasteiger partial charge on any atom is 0.405 e. The minimum atomic E-state index is -1.62. The van der Waals surface area contributed by atoms with Gasteiger partial charge in [-0.1, -0.05) is 24.3 Å². The van der Waals surface area contributed by atoms with Gasteiger partial charge in [-0.25, -0.2) is 18.0 Å². The summed E-state index contributed by atoms with van der Waals surface area (Å²) < 4.78 is 40.7. The molecule has 0 bridgehead atoms. The molecule has 0 saturated heterocycles. The van der Waals surface area contributed by atoms with Crippen LogP contribution in [0.5, 0.6) is 0 Å². The van der Waals surface area contributed by atoms with Gasteiger partial charge in [-0.15, -0.1) is 0 Å². The molecule has 0 aromatic heterocycles. The first-order chi connectivity index (χ1) is 11.9. The third-order valence-corrected chi connectivity index (χ3v) is 4.12. The van der Waals surface area contributed by atoms with Crippen LogP contribution in [0.15, 0.2) is 42.5 Å². The highest BCUT2D eigenvalue weighted by Crippen LogP contribution is 2.34. The van der Waals surface area contributed by atoms with Crippen LogP contribution >= 0.6 is 0 Å². The molecule has 0 saturated carbocycles. The standard InChI is InChI=1S/C18H12F3NO3/c19-14-6-5-12(15(20)16(14)21)11-4-3-10-2-1-7-18(9-23,13(10)8-11)22-17(24)25/h1,3-9,22H,2H2,(H,24,25)/t18-/m1/s1. The Labute approximate surface area is 140 Å². The minimum absolute atomic E-state index is 0.189. The number of benzene rings is 2. The SMILES string of the molecule is O=C[C@]1(NC(=O)O)C=CCc2ccc(-c3ccc(F)c(F)c3F)cc21. The van der Waals surface area contributed by atoms with Gasteiger partial charge in [0.25, 0.3) is 0 Å². The Kier molecular flexibility index (Phi) is 4.08. The molecule has 3 rings (SSSR count). The zero-order chi connectivity index (χ0) is 18.2. The third-order valence-electron chi connectivity index (χ3n) is 4.12. The normalized spacial score (nSPS) is 18.5. The van der Waals surface area contributed by atoms with Gasteiger partial charge in [0.05, 0.1) is 0 Å². The Morgan fingerprint density at radius 1 is 1.16 bits per heavy atom. The van der Waals surface area contributed by atoms with Crippen LogP contribution in [-0.4, -0.2) is 17.5 Å². The van der Waals surface area contributed by atoms with Crippen LogP contribution in [0, 0.1) is 17.5 Å². The summed E-state index contributed by atoms with van der Waals surface area (Å²) in [5, 5.41) is 11.2. The number of nitrogens with one attached hydrogen (secondary N) is 1. The fourth-order valence-electron chi connectivity index (χ4n) is 2.94. The van der Waals surface area contributed by atoms with E-state index in [0.29, 0.717) is 23.8 Å². The molecule has 0 aliphatic heterocycles. The van der Waals surface area contributed by atoms with Gasteiger partial charge in [0, 0.05) is 5.56 Å². The number of carboxylic acid groups (broad SMARTS) is 1. The Balaban J connectivity index is 2.18. The van der Waals surface area contributed by atoms with Crippen molar-refractivity contribution in [3.8, 4) is 11.1 Å². The van der Waals surface area contributed by atoms with E-state index in [1.54, 1.807) is 12.1 Å². The van der Waals surface area contributed by atoms with Crippen molar-refractivity contribution in [1.82, 2.24) is 5.32 Å². The van der Waals surface area contributed by atoms with E-state index >= 15 is 0 Å². The topological polar surface area (TPSA) is 66.4 Å². The molecule has 128 valence electrons. The van der Waals surface area contributed by atoms with Crippen molar-refractivity contribution >= 4 is 12.4 Å². The van der Waals surface area contributed by atoms with Gasteiger partial charge >= 0.3 is 6.09 Å². The summed E-state index contributed by atoms with van der Waals surface area (Å²) in [6, 6.07) is 6.39. The van der Waals surface area contributed by atoms with Crippen LogP contribution in [-0.2, 0) is 16.8 Å². The molecule has 0 radical (unpaired) electrons. The number of amides is 1. The monoisotopic (exact) mass is 347 g/mol. The van der Waals surface area contributed by atoms with Gasteiger partial charge < -0.3 is 10.4 Å². The van der Waals surface area contributed by atoms with E-state index in [1.165, 1.54) is 18.2 Å². The van der Waals surface area contributed by atoms with Crippen LogP contribution in [0.3, 0.4) is 0 Å². The van der Waals surface area contributed by atoms with Gasteiger partial charge in [-0.2, -0.15) is 0 Å². The van der Waals surface area contributed by atoms with Crippen molar-refractivity contribution < 1.29 is 27.9 Å². The molecule has 1 atom stereocenters. The molecule has 0 unspecified atom stereocenters. The Bertz CT molecular complexity index is 911. The molecule has 1 aliphatic carbocycles. The second-order valence-corrected chi connectivity index (χ2v) is 5.62. The molecule has 2 N–H and O–H groups in total. The number of hydrogen-bond acceptors (Lipinski definition) is 2. The predicted molar refractivity (Wildman–Crippen MR) is 83.5 cm³/mol. The van der Waals surface area contributed by atoms with E-state index in [4.69, 9.17) is 5.11 Å². The highest BCUT2D eigenvalue weighted by Gasteiger charge is 2.35. The van der Waals surface area contributed by atoms with Crippen LogP contribution < -0.4 is 5.32 Å². The number of fused-ring (bicyclic) bond motifs is 1. The summed E-state index contributed by atoms with van der Waals surface area (Å²) in [4.78, 5) is 22.7. The molecular weight excluding hydrogens is 335 g/mol. The maximum absolute atomic E-state index is 14.1. The highest BCUT2D eigenvalue weighted by atomic mass is 19.2. The molecule has 2 aromatic carbocycles. The molecule has 0 spiro atoms. The minimum Gasteiger partial charge on any atom is -0.465 e. The van der Waals surface area contributed by atoms with Crippen molar-refractivity contribution in [3.63, 3.8) is 0 Å². The second kappa shape index (κ2) is 6.08. The van der Waals surface area contributed by atoms with Crippen molar-refractivity contribution in [2.75, 3.05) is 0 Å². The molecule has 2 aromatic rings.